The highest BCUT2D eigenvalue weighted by atomic mass is 32.2. The van der Waals surface area contributed by atoms with Gasteiger partial charge in [-0.05, 0) is 42.3 Å². The monoisotopic (exact) mass is 476 g/mol. The fraction of sp³-hybridized carbons (Fsp3) is 0.458. The van der Waals surface area contributed by atoms with Gasteiger partial charge >= 0.3 is 0 Å². The van der Waals surface area contributed by atoms with Crippen LogP contribution in [0.5, 0.6) is 11.5 Å². The van der Waals surface area contributed by atoms with Gasteiger partial charge in [0.05, 0.1) is 10.9 Å². The zero-order chi connectivity index (χ0) is 23.1. The number of likely N-dealkylation sites (tertiary alicyclic amines) is 1. The molecule has 174 valence electrons. The molecule has 1 heterocycles. The van der Waals surface area contributed by atoms with Gasteiger partial charge in [0, 0.05) is 24.8 Å². The SMILES string of the molecule is CCCC(CC)CC(=O)N1C[C@H](NS(=O)(=O)c2ccc(Oc3ccccc3)cc2)[C@@H](S)C1. The van der Waals surface area contributed by atoms with E-state index in [1.165, 1.54) is 12.1 Å². The third-order valence-electron chi connectivity index (χ3n) is 5.80. The standard InChI is InChI=1S/C24H32N2O4S2/c1-3-8-18(4-2)15-24(27)26-16-22(23(31)17-26)25-32(28,29)21-13-11-20(12-14-21)30-19-9-6-5-7-10-19/h5-7,9-14,18,22-23,25,31H,3-4,8,15-17H2,1-2H3/t18?,22-,23-/m0/s1. The van der Waals surface area contributed by atoms with E-state index >= 15 is 0 Å². The lowest BCUT2D eigenvalue weighted by atomic mass is 9.96. The molecule has 3 atom stereocenters. The molecule has 8 heteroatoms. The van der Waals surface area contributed by atoms with E-state index in [0.717, 1.165) is 19.3 Å². The Balaban J connectivity index is 1.60. The smallest absolute Gasteiger partial charge is 0.240 e. The molecule has 1 unspecified atom stereocenters. The van der Waals surface area contributed by atoms with Crippen LogP contribution in [0.3, 0.4) is 0 Å². The summed E-state index contributed by atoms with van der Waals surface area (Å²) in [5, 5.41) is -0.249. The summed E-state index contributed by atoms with van der Waals surface area (Å²) in [6.07, 6.45) is 3.56. The van der Waals surface area contributed by atoms with Crippen molar-refractivity contribution in [2.75, 3.05) is 13.1 Å². The maximum atomic E-state index is 12.9. The Labute approximate surface area is 196 Å². The number of thiol groups is 1. The van der Waals surface area contributed by atoms with Gasteiger partial charge in [-0.25, -0.2) is 13.1 Å². The molecule has 1 amide bonds. The van der Waals surface area contributed by atoms with E-state index in [1.54, 1.807) is 17.0 Å². The third kappa shape index (κ3) is 6.49. The molecule has 3 rings (SSSR count). The zero-order valence-electron chi connectivity index (χ0n) is 18.6. The van der Waals surface area contributed by atoms with Crippen LogP contribution in [0.2, 0.25) is 0 Å². The molecule has 0 saturated carbocycles. The molecule has 1 aliphatic heterocycles. The molecule has 1 fully saturated rings. The number of sulfonamides is 1. The Morgan fingerprint density at radius 1 is 1.09 bits per heavy atom. The van der Waals surface area contributed by atoms with Crippen LogP contribution in [-0.2, 0) is 14.8 Å². The van der Waals surface area contributed by atoms with Crippen molar-refractivity contribution in [1.82, 2.24) is 9.62 Å². The summed E-state index contributed by atoms with van der Waals surface area (Å²) >= 11 is 4.55. The quantitative estimate of drug-likeness (QED) is 0.496. The Kier molecular flexibility index (Phi) is 8.62. The van der Waals surface area contributed by atoms with E-state index in [0.29, 0.717) is 36.9 Å². The van der Waals surface area contributed by atoms with E-state index in [1.807, 2.05) is 30.3 Å². The molecule has 1 N–H and O–H groups in total. The topological polar surface area (TPSA) is 75.7 Å². The van der Waals surface area contributed by atoms with Crippen LogP contribution in [0.25, 0.3) is 0 Å². The molecule has 0 bridgehead atoms. The van der Waals surface area contributed by atoms with E-state index in [9.17, 15) is 13.2 Å². The van der Waals surface area contributed by atoms with Gasteiger partial charge in [-0.1, -0.05) is 51.3 Å². The summed E-state index contributed by atoms with van der Waals surface area (Å²) in [7, 11) is -3.74. The number of rotatable bonds is 10. The Morgan fingerprint density at radius 2 is 1.75 bits per heavy atom. The van der Waals surface area contributed by atoms with Crippen LogP contribution in [0.4, 0.5) is 0 Å². The van der Waals surface area contributed by atoms with E-state index in [4.69, 9.17) is 4.74 Å². The van der Waals surface area contributed by atoms with Gasteiger partial charge in [0.15, 0.2) is 0 Å². The molecule has 1 aliphatic rings. The van der Waals surface area contributed by atoms with Gasteiger partial charge < -0.3 is 9.64 Å². The number of benzene rings is 2. The fourth-order valence-electron chi connectivity index (χ4n) is 3.92. The second kappa shape index (κ2) is 11.2. The van der Waals surface area contributed by atoms with Crippen molar-refractivity contribution in [2.24, 2.45) is 5.92 Å². The van der Waals surface area contributed by atoms with Crippen LogP contribution in [0.15, 0.2) is 59.5 Å². The van der Waals surface area contributed by atoms with Gasteiger partial charge in [0.25, 0.3) is 0 Å². The van der Waals surface area contributed by atoms with Crippen LogP contribution in [0, 0.1) is 5.92 Å². The number of nitrogens with zero attached hydrogens (tertiary/aromatic N) is 1. The minimum atomic E-state index is -3.74. The molecule has 0 spiro atoms. The molecule has 0 aliphatic carbocycles. The largest absolute Gasteiger partial charge is 0.457 e. The molecule has 2 aromatic carbocycles. The zero-order valence-corrected chi connectivity index (χ0v) is 20.3. The number of carbonyl (C=O) groups excluding carboxylic acids is 1. The van der Waals surface area contributed by atoms with Crippen LogP contribution in [0.1, 0.15) is 39.5 Å². The Hall–Kier alpha value is -2.03. The first-order valence-electron chi connectivity index (χ1n) is 11.1. The molecule has 0 radical (unpaired) electrons. The number of carbonyl (C=O) groups is 1. The molecule has 2 aromatic rings. The number of hydrogen-bond donors (Lipinski definition) is 2. The highest BCUT2D eigenvalue weighted by Gasteiger charge is 2.36. The van der Waals surface area contributed by atoms with E-state index in [-0.39, 0.29) is 16.1 Å². The summed E-state index contributed by atoms with van der Waals surface area (Å²) in [5.41, 5.74) is 0. The minimum absolute atomic E-state index is 0.0773. The highest BCUT2D eigenvalue weighted by Crippen LogP contribution is 2.25. The second-order valence-corrected chi connectivity index (χ2v) is 10.6. The maximum absolute atomic E-state index is 12.9. The van der Waals surface area contributed by atoms with E-state index < -0.39 is 16.1 Å². The molecular weight excluding hydrogens is 444 g/mol. The predicted molar refractivity (Wildman–Crippen MR) is 130 cm³/mol. The van der Waals surface area contributed by atoms with Gasteiger partial charge in [0.1, 0.15) is 11.5 Å². The summed E-state index contributed by atoms with van der Waals surface area (Å²) in [6.45, 7) is 5.01. The van der Waals surface area contributed by atoms with Crippen molar-refractivity contribution in [3.63, 3.8) is 0 Å². The number of hydrogen-bond acceptors (Lipinski definition) is 5. The first-order chi connectivity index (χ1) is 15.3. The van der Waals surface area contributed by atoms with Crippen molar-refractivity contribution in [2.45, 2.75) is 55.7 Å². The number of ether oxygens (including phenoxy) is 1. The second-order valence-electron chi connectivity index (χ2n) is 8.25. The summed E-state index contributed by atoms with van der Waals surface area (Å²) in [4.78, 5) is 14.6. The van der Waals surface area contributed by atoms with Crippen LogP contribution >= 0.6 is 12.6 Å². The lowest BCUT2D eigenvalue weighted by molar-refractivity contribution is -0.131. The lowest BCUT2D eigenvalue weighted by Crippen LogP contribution is -2.41. The average Bonchev–Trinajstić information content (AvgIpc) is 3.14. The molecule has 1 saturated heterocycles. The molecule has 0 aromatic heterocycles. The first-order valence-corrected chi connectivity index (χ1v) is 13.1. The van der Waals surface area contributed by atoms with Crippen molar-refractivity contribution in [3.05, 3.63) is 54.6 Å². The van der Waals surface area contributed by atoms with Gasteiger partial charge in [-0.3, -0.25) is 4.79 Å². The summed E-state index contributed by atoms with van der Waals surface area (Å²) in [6, 6.07) is 15.2. The minimum Gasteiger partial charge on any atom is -0.457 e. The van der Waals surface area contributed by atoms with Gasteiger partial charge in [0.2, 0.25) is 15.9 Å². The molecular formula is C24H32N2O4S2. The Morgan fingerprint density at radius 3 is 2.38 bits per heavy atom. The van der Waals surface area contributed by atoms with Crippen LogP contribution < -0.4 is 9.46 Å². The number of nitrogens with one attached hydrogen (secondary N) is 1. The average molecular weight is 477 g/mol. The van der Waals surface area contributed by atoms with Gasteiger partial charge in [-0.2, -0.15) is 12.6 Å². The lowest BCUT2D eigenvalue weighted by Gasteiger charge is -2.20. The van der Waals surface area contributed by atoms with Crippen molar-refractivity contribution < 1.29 is 17.9 Å². The van der Waals surface area contributed by atoms with Crippen molar-refractivity contribution >= 4 is 28.6 Å². The predicted octanol–water partition coefficient (Wildman–Crippen LogP) is 4.48. The summed E-state index contributed by atoms with van der Waals surface area (Å²) < 4.78 is 34.3. The maximum Gasteiger partial charge on any atom is 0.240 e. The van der Waals surface area contributed by atoms with Crippen LogP contribution in [-0.4, -0.2) is 43.6 Å². The fourth-order valence-corrected chi connectivity index (χ4v) is 5.65. The molecule has 6 nitrogen and oxygen atoms in total. The van der Waals surface area contributed by atoms with Gasteiger partial charge in [-0.15, -0.1) is 0 Å². The number of para-hydroxylation sites is 1. The third-order valence-corrected chi connectivity index (χ3v) is 7.83. The van der Waals surface area contributed by atoms with Crippen molar-refractivity contribution in [3.8, 4) is 11.5 Å². The molecule has 32 heavy (non-hydrogen) atoms. The Bertz CT molecular complexity index is 981. The first kappa shape index (κ1) is 24.6. The van der Waals surface area contributed by atoms with E-state index in [2.05, 4.69) is 31.2 Å². The summed E-state index contributed by atoms with van der Waals surface area (Å²) in [5.74, 6) is 1.68. The normalized spacial score (nSPS) is 19.7. The van der Waals surface area contributed by atoms with Crippen molar-refractivity contribution in [1.29, 1.82) is 0 Å². The number of amides is 1. The highest BCUT2D eigenvalue weighted by molar-refractivity contribution is 7.89.